The number of carboxylic acids is 1. The molecule has 0 aromatic heterocycles. The van der Waals surface area contributed by atoms with Crippen LogP contribution >= 0.6 is 24.4 Å². The molecule has 0 heterocycles. The van der Waals surface area contributed by atoms with Gasteiger partial charge in [-0.2, -0.15) is 24.4 Å². The van der Waals surface area contributed by atoms with E-state index in [1.165, 1.54) is 36.0 Å². The quantitative estimate of drug-likeness (QED) is 0.0166. The molecule has 16 atom stereocenters. The number of phenolic OH excluding ortho intramolecular Hbond substituents is 1. The summed E-state index contributed by atoms with van der Waals surface area (Å²) in [6.07, 6.45) is 3.50. The maximum atomic E-state index is 15.4. The van der Waals surface area contributed by atoms with Crippen LogP contribution in [0.25, 0.3) is 0 Å². The predicted octanol–water partition coefficient (Wildman–Crippen LogP) is 1.89. The van der Waals surface area contributed by atoms with Gasteiger partial charge in [0.2, 0.25) is 82.7 Å². The molecule has 3 rings (SSSR count). The van der Waals surface area contributed by atoms with Crippen LogP contribution in [0.4, 0.5) is 0 Å². The number of carboxylic acid groups (broad SMARTS) is 1. The number of benzene rings is 3. The molecule has 3 aromatic carbocycles. The lowest BCUT2D eigenvalue weighted by Crippen LogP contribution is -2.62. The Bertz CT molecular complexity index is 4290. The summed E-state index contributed by atoms with van der Waals surface area (Å²) in [5.74, 6) is -15.4. The number of carbonyl (C=O) groups is 15. The molecule has 0 radical (unpaired) electrons. The lowest BCUT2D eigenvalue weighted by atomic mass is 9.96. The average Bonchev–Trinajstić information content (AvgIpc) is 0.831. The van der Waals surface area contributed by atoms with Gasteiger partial charge in [0.1, 0.15) is 90.3 Å². The zero-order valence-electron chi connectivity index (χ0n) is 81.0. The summed E-state index contributed by atoms with van der Waals surface area (Å²) in [6, 6.07) is 2.87. The average molecular weight is 1930 g/mol. The molecular weight excluding hydrogens is 1770 g/mol. The molecule has 3 aromatic rings. The zero-order chi connectivity index (χ0) is 101. The van der Waals surface area contributed by atoms with E-state index in [0.717, 1.165) is 0 Å². The first-order chi connectivity index (χ1) is 63.7. The summed E-state index contributed by atoms with van der Waals surface area (Å²) in [4.78, 5) is 217. The Hall–Kier alpha value is -11.3. The number of aliphatic carboxylic acids is 1. The predicted molar refractivity (Wildman–Crippen MR) is 524 cm³/mol. The van der Waals surface area contributed by atoms with E-state index in [0.29, 0.717) is 48.1 Å². The molecule has 0 saturated carbocycles. The molecule has 0 bridgehead atoms. The maximum absolute atomic E-state index is 15.4. The van der Waals surface area contributed by atoms with E-state index in [4.69, 9.17) is 33.8 Å². The number of phenols is 1. The van der Waals surface area contributed by atoms with Gasteiger partial charge in [-0.25, -0.2) is 4.79 Å². The first kappa shape index (κ1) is 118. The van der Waals surface area contributed by atoms with Crippen molar-refractivity contribution >= 4 is 125 Å². The summed E-state index contributed by atoms with van der Waals surface area (Å²) in [5, 5.41) is 79.3. The third-order valence-corrected chi connectivity index (χ3v) is 23.2. The number of hydrogen-bond donors (Lipinski definition) is 25. The van der Waals surface area contributed by atoms with Crippen LogP contribution in [0.2, 0.25) is 0 Å². The van der Waals surface area contributed by atoms with Crippen LogP contribution < -0.4 is 108 Å². The van der Waals surface area contributed by atoms with E-state index < -0.39 is 191 Å². The first-order valence-electron chi connectivity index (χ1n) is 46.8. The second-order valence-electron chi connectivity index (χ2n) is 36.9. The number of hydrogen-bond acceptors (Lipinski definition) is 22. The number of rotatable bonds is 64. The van der Waals surface area contributed by atoms with Gasteiger partial charge in [-0.05, 0) is 172 Å². The monoisotopic (exact) mass is 1930 g/mol. The van der Waals surface area contributed by atoms with Crippen LogP contribution in [0.1, 0.15) is 204 Å². The standard InChI is InChI=1S/C94H154N22O17S2/c1-16-58(14)77(91(131)113-74(92(132)133)47-56(10)11)116-81(121)66(38-42-135-15)105-82(122)67(43-52(2)3)106-83(123)68(44-53(4)5)107-85(125)70(46-55(8)9)112-90(130)76(57(12)13)115-88(128)73(49-60-29-21-18-22-30-60)111-86(126)71(48-59-27-19-17-20-28-59)110-87(127)72(50-61-34-36-62(117)37-35-61)109-84(124)69(45-54(6)7)108-89(129)75(51-134)114-80(120)65(33-26-41-102-94(99)100)104-79(119)64(32-23-24-39-95)103-78(118)63(96)31-25-40-101-93(97)98/h17-22,27-30,34-37,52-58,63-77,117,134H,16,23-26,31-33,38-51,95-96H2,1-15H3,(H,103,118)(H,104,119)(H,105,122)(H,106,123)(H,107,125)(H,108,129)(H,109,124)(H,110,127)(H,111,126)(H,112,130)(H,113,131)(H,114,120)(H,115,128)(H,116,121)(H,132,133)(H4,97,98,101)(H4,99,100,102)/t58-,63-,64-,65-,66-,67-,68-,69-,70-,71-,72-,73-,74-,75-,76-,77-/m0/s1. The Morgan fingerprint density at radius 3 is 1.03 bits per heavy atom. The molecule has 0 aliphatic rings. The van der Waals surface area contributed by atoms with Gasteiger partial charge in [0, 0.05) is 38.1 Å². The third kappa shape index (κ3) is 45.7. The molecule has 28 N–H and O–H groups in total. The smallest absolute Gasteiger partial charge is 0.326 e. The highest BCUT2D eigenvalue weighted by atomic mass is 32.2. The number of thioether (sulfide) groups is 1. The number of carbonyl (C=O) groups excluding carboxylic acids is 14. The van der Waals surface area contributed by atoms with E-state index >= 15 is 19.2 Å². The number of nitrogens with one attached hydrogen (secondary N) is 18. The molecule has 41 heteroatoms. The second kappa shape index (κ2) is 62.3. The van der Waals surface area contributed by atoms with Crippen LogP contribution in [-0.4, -0.2) is 239 Å². The highest BCUT2D eigenvalue weighted by molar-refractivity contribution is 7.98. The summed E-state index contributed by atoms with van der Waals surface area (Å²) < 4.78 is 0. The SMILES string of the molecule is CC[C@H](C)[C@H](NC(=O)[C@H](CCSC)NC(=O)[C@H](CC(C)C)NC(=O)[C@H](CC(C)C)NC(=O)[C@H](CC(C)C)NC(=O)[C@@H](NC(=O)[C@H](Cc1ccccc1)NC(=O)[C@H](Cc1ccccc1)NC(=O)[C@H](Cc1ccc(O)cc1)NC(=O)[C@H](CC(C)C)NC(=O)[C@H](CS)NC(=O)[C@H](CCCNC(=N)N)NC(=O)[C@H](CCCCN)NC(=O)[C@@H](N)CCCNC(=N)N)C(C)C)C(=O)N[C@@H](CC(C)C)C(=O)O. The van der Waals surface area contributed by atoms with Crippen molar-refractivity contribution in [3.63, 3.8) is 0 Å². The van der Waals surface area contributed by atoms with Crippen molar-refractivity contribution in [1.82, 2.24) is 85.1 Å². The fourth-order valence-corrected chi connectivity index (χ4v) is 15.4. The Labute approximate surface area is 804 Å². The Morgan fingerprint density at radius 1 is 0.363 bits per heavy atom. The van der Waals surface area contributed by atoms with Crippen LogP contribution in [-0.2, 0) is 91.2 Å². The summed E-state index contributed by atoms with van der Waals surface area (Å²) in [5.41, 5.74) is 24.4. The number of amides is 14. The van der Waals surface area contributed by atoms with Crippen molar-refractivity contribution in [1.29, 1.82) is 10.8 Å². The summed E-state index contributed by atoms with van der Waals surface area (Å²) >= 11 is 5.82. The molecule has 39 nitrogen and oxygen atoms in total. The Balaban J connectivity index is 2.06. The van der Waals surface area contributed by atoms with Gasteiger partial charge in [0.05, 0.1) is 6.04 Å². The number of unbranched alkanes of at least 4 members (excludes halogenated alkanes) is 1. The molecule has 0 spiro atoms. The minimum atomic E-state index is -1.56. The molecule has 0 unspecified atom stereocenters. The molecule has 0 fully saturated rings. The maximum Gasteiger partial charge on any atom is 0.326 e. The Kier molecular flexibility index (Phi) is 54.4. The molecular formula is C94H154N22O17S2. The van der Waals surface area contributed by atoms with Gasteiger partial charge in [-0.15, -0.1) is 0 Å². The van der Waals surface area contributed by atoms with Crippen LogP contribution in [0.15, 0.2) is 84.9 Å². The van der Waals surface area contributed by atoms with Crippen molar-refractivity contribution in [3.8, 4) is 5.75 Å². The molecule has 0 aliphatic heterocycles. The molecule has 135 heavy (non-hydrogen) atoms. The van der Waals surface area contributed by atoms with Gasteiger partial charge in [0.15, 0.2) is 11.9 Å². The van der Waals surface area contributed by atoms with Crippen molar-refractivity contribution < 1.29 is 82.1 Å². The number of thiol groups is 1. The fraction of sp³-hybridized carbons (Fsp3) is 0.628. The van der Waals surface area contributed by atoms with Gasteiger partial charge in [-0.1, -0.05) is 176 Å². The minimum Gasteiger partial charge on any atom is -0.508 e. The van der Waals surface area contributed by atoms with Crippen LogP contribution in [0.5, 0.6) is 5.75 Å². The zero-order valence-corrected chi connectivity index (χ0v) is 82.7. The molecule has 754 valence electrons. The largest absolute Gasteiger partial charge is 0.508 e. The number of guanidine groups is 2. The summed E-state index contributed by atoms with van der Waals surface area (Å²) in [7, 11) is 0. The van der Waals surface area contributed by atoms with Crippen LogP contribution in [0.3, 0.4) is 0 Å². The lowest BCUT2D eigenvalue weighted by molar-refractivity contribution is -0.143. The fourth-order valence-electron chi connectivity index (χ4n) is 14.6. The van der Waals surface area contributed by atoms with E-state index in [9.17, 15) is 63.0 Å². The number of aromatic hydroxyl groups is 1. The molecule has 0 aliphatic carbocycles. The van der Waals surface area contributed by atoms with Gasteiger partial charge in [-0.3, -0.25) is 77.9 Å². The van der Waals surface area contributed by atoms with E-state index in [-0.39, 0.29) is 156 Å². The van der Waals surface area contributed by atoms with E-state index in [1.807, 2.05) is 68.6 Å². The number of nitrogens with two attached hydrogens (primary N) is 4. The second-order valence-corrected chi connectivity index (χ2v) is 38.2. The molecule has 0 saturated heterocycles. The van der Waals surface area contributed by atoms with Gasteiger partial charge in [0.25, 0.3) is 0 Å². The molecule has 14 amide bonds. The topological polar surface area (TPSA) is 641 Å². The van der Waals surface area contributed by atoms with Gasteiger partial charge >= 0.3 is 5.97 Å². The highest BCUT2D eigenvalue weighted by Gasteiger charge is 2.41. The highest BCUT2D eigenvalue weighted by Crippen LogP contribution is 2.20. The van der Waals surface area contributed by atoms with Crippen molar-refractivity contribution in [3.05, 3.63) is 102 Å². The van der Waals surface area contributed by atoms with Crippen LogP contribution in [0, 0.1) is 52.2 Å². The van der Waals surface area contributed by atoms with Gasteiger partial charge < -0.3 is 118 Å². The van der Waals surface area contributed by atoms with E-state index in [2.05, 4.69) is 97.7 Å². The first-order valence-corrected chi connectivity index (χ1v) is 48.8. The normalized spacial score (nSPS) is 14.9. The van der Waals surface area contributed by atoms with Crippen molar-refractivity contribution in [2.45, 2.75) is 297 Å². The minimum absolute atomic E-state index is 0.0273. The van der Waals surface area contributed by atoms with E-state index in [1.54, 1.807) is 95.3 Å². The van der Waals surface area contributed by atoms with Crippen molar-refractivity contribution in [2.75, 3.05) is 37.4 Å². The Morgan fingerprint density at radius 2 is 0.659 bits per heavy atom. The lowest BCUT2D eigenvalue weighted by Gasteiger charge is -2.30. The van der Waals surface area contributed by atoms with Crippen molar-refractivity contribution in [2.24, 2.45) is 64.4 Å². The summed E-state index contributed by atoms with van der Waals surface area (Å²) in [6.45, 7) is 25.6. The third-order valence-electron chi connectivity index (χ3n) is 22.2.